The van der Waals surface area contributed by atoms with Gasteiger partial charge in [0.1, 0.15) is 6.61 Å². The van der Waals surface area contributed by atoms with E-state index in [4.69, 9.17) is 4.74 Å². The molecule has 0 saturated heterocycles. The maximum absolute atomic E-state index is 12.2. The van der Waals surface area contributed by atoms with E-state index in [1.165, 1.54) is 11.6 Å². The van der Waals surface area contributed by atoms with Gasteiger partial charge in [0.2, 0.25) is 0 Å². The number of hydrogen-bond acceptors (Lipinski definition) is 4. The van der Waals surface area contributed by atoms with Crippen LogP contribution in [0.3, 0.4) is 0 Å². The van der Waals surface area contributed by atoms with E-state index in [2.05, 4.69) is 0 Å². The number of hydrogen-bond donors (Lipinski definition) is 1. The second-order valence-electron chi connectivity index (χ2n) is 5.01. The Kier molecular flexibility index (Phi) is 6.47. The van der Waals surface area contributed by atoms with Gasteiger partial charge < -0.3 is 4.74 Å². The lowest BCUT2D eigenvalue weighted by Crippen LogP contribution is -2.45. The first-order chi connectivity index (χ1) is 8.87. The van der Waals surface area contributed by atoms with Crippen molar-refractivity contribution in [2.75, 3.05) is 6.61 Å². The van der Waals surface area contributed by atoms with Gasteiger partial charge in [0.15, 0.2) is 0 Å². The minimum Gasteiger partial charge on any atom is -0.464 e. The quantitative estimate of drug-likeness (QED) is 0.730. The number of esters is 1. The van der Waals surface area contributed by atoms with Gasteiger partial charge in [0.05, 0.1) is 11.5 Å². The average molecular weight is 319 g/mol. The predicted octanol–water partition coefficient (Wildman–Crippen LogP) is 2.18. The molecule has 0 amide bonds. The molecule has 0 radical (unpaired) electrons. The number of carbonyl (C=O) groups excluding carboxylic acids is 1. The summed E-state index contributed by atoms with van der Waals surface area (Å²) < 4.78 is 64.9. The number of rotatable bonds is 7. The Balaban J connectivity index is 4.65. The van der Waals surface area contributed by atoms with E-state index in [9.17, 15) is 26.4 Å². The van der Waals surface area contributed by atoms with Crippen molar-refractivity contribution in [1.82, 2.24) is 4.72 Å². The molecule has 0 spiro atoms. The fraction of sp³-hybridized carbons (Fsp3) is 0.909. The number of carbonyl (C=O) groups is 1. The highest BCUT2D eigenvalue weighted by Gasteiger charge is 2.46. The molecular weight excluding hydrogens is 299 g/mol. The molecule has 1 atom stereocenters. The molecule has 120 valence electrons. The summed E-state index contributed by atoms with van der Waals surface area (Å²) in [6.45, 7) is 6.09. The normalized spacial score (nSPS) is 14.9. The van der Waals surface area contributed by atoms with Gasteiger partial charge in [-0.1, -0.05) is 13.8 Å². The molecule has 1 unspecified atom stereocenters. The van der Waals surface area contributed by atoms with Crippen LogP contribution in [0.5, 0.6) is 0 Å². The van der Waals surface area contributed by atoms with E-state index in [1.54, 1.807) is 20.8 Å². The zero-order valence-electron chi connectivity index (χ0n) is 11.9. The number of ether oxygens (including phenoxy) is 1. The molecule has 0 saturated carbocycles. The molecule has 0 aliphatic carbocycles. The van der Waals surface area contributed by atoms with Gasteiger partial charge in [-0.25, -0.2) is 13.1 Å². The van der Waals surface area contributed by atoms with Crippen LogP contribution in [0.25, 0.3) is 0 Å². The van der Waals surface area contributed by atoms with Gasteiger partial charge in [-0.05, 0) is 26.7 Å². The van der Waals surface area contributed by atoms with Gasteiger partial charge in [0.25, 0.3) is 0 Å². The lowest BCUT2D eigenvalue weighted by atomic mass is 9.91. The Morgan fingerprint density at radius 2 is 1.75 bits per heavy atom. The maximum atomic E-state index is 12.2. The van der Waals surface area contributed by atoms with Gasteiger partial charge in [-0.2, -0.15) is 13.2 Å². The van der Waals surface area contributed by atoms with Crippen molar-refractivity contribution in [2.45, 2.75) is 52.1 Å². The molecule has 1 N–H and O–H groups in total. The summed E-state index contributed by atoms with van der Waals surface area (Å²) in [4.78, 5) is 11.7. The van der Waals surface area contributed by atoms with Crippen molar-refractivity contribution < 1.29 is 31.1 Å². The van der Waals surface area contributed by atoms with E-state index >= 15 is 0 Å². The second kappa shape index (κ2) is 6.75. The molecule has 0 aromatic carbocycles. The third-order valence-corrected chi connectivity index (χ3v) is 4.22. The van der Waals surface area contributed by atoms with Crippen molar-refractivity contribution in [3.8, 4) is 0 Å². The minimum atomic E-state index is -5.44. The molecular formula is C11H20F3NO4S. The van der Waals surface area contributed by atoms with Gasteiger partial charge in [-0.3, -0.25) is 4.79 Å². The van der Waals surface area contributed by atoms with E-state index in [-0.39, 0.29) is 6.42 Å². The van der Waals surface area contributed by atoms with Crippen LogP contribution in [0.15, 0.2) is 0 Å². The molecule has 20 heavy (non-hydrogen) atoms. The molecule has 9 heteroatoms. The van der Waals surface area contributed by atoms with Crippen molar-refractivity contribution in [3.63, 3.8) is 0 Å². The molecule has 0 heterocycles. The third kappa shape index (κ3) is 5.28. The highest BCUT2D eigenvalue weighted by atomic mass is 32.2. The van der Waals surface area contributed by atoms with Crippen molar-refractivity contribution in [1.29, 1.82) is 0 Å². The molecule has 5 nitrogen and oxygen atoms in total. The average Bonchev–Trinajstić information content (AvgIpc) is 2.32. The third-order valence-electron chi connectivity index (χ3n) is 2.97. The Morgan fingerprint density at radius 1 is 1.25 bits per heavy atom. The fourth-order valence-electron chi connectivity index (χ4n) is 1.04. The Bertz CT molecular complexity index is 431. The Labute approximate surface area is 116 Å². The lowest BCUT2D eigenvalue weighted by molar-refractivity contribution is -0.154. The van der Waals surface area contributed by atoms with Crippen LogP contribution in [0.1, 0.15) is 40.5 Å². The summed E-state index contributed by atoms with van der Waals surface area (Å²) in [5.74, 6) is -0.579. The van der Waals surface area contributed by atoms with Crippen LogP contribution in [0.4, 0.5) is 13.2 Å². The number of nitrogens with one attached hydrogen (secondary N) is 1. The van der Waals surface area contributed by atoms with Crippen LogP contribution in [-0.4, -0.2) is 32.5 Å². The van der Waals surface area contributed by atoms with Crippen molar-refractivity contribution >= 4 is 16.0 Å². The Hall–Kier alpha value is -0.830. The SMILES string of the molecule is CCC(COC(=O)C(C)(C)CC)NS(=O)(=O)C(F)(F)F. The van der Waals surface area contributed by atoms with E-state index in [1.807, 2.05) is 0 Å². The molecule has 0 rings (SSSR count). The molecule has 0 aliphatic rings. The van der Waals surface area contributed by atoms with Crippen LogP contribution in [-0.2, 0) is 19.6 Å². The van der Waals surface area contributed by atoms with Gasteiger partial charge >= 0.3 is 21.5 Å². The van der Waals surface area contributed by atoms with Gasteiger partial charge in [0, 0.05) is 0 Å². The first-order valence-electron chi connectivity index (χ1n) is 6.13. The van der Waals surface area contributed by atoms with E-state index in [0.29, 0.717) is 6.42 Å². The Morgan fingerprint density at radius 3 is 2.10 bits per heavy atom. The van der Waals surface area contributed by atoms with Crippen molar-refractivity contribution in [2.24, 2.45) is 5.41 Å². The fourth-order valence-corrected chi connectivity index (χ4v) is 1.84. The minimum absolute atomic E-state index is 0.0646. The zero-order valence-corrected chi connectivity index (χ0v) is 12.7. The smallest absolute Gasteiger partial charge is 0.464 e. The van der Waals surface area contributed by atoms with Gasteiger partial charge in [-0.15, -0.1) is 0 Å². The number of halogens is 3. The largest absolute Gasteiger partial charge is 0.511 e. The molecule has 0 aromatic rings. The van der Waals surface area contributed by atoms with Crippen LogP contribution < -0.4 is 4.72 Å². The highest BCUT2D eigenvalue weighted by molar-refractivity contribution is 7.90. The standard InChI is InChI=1S/C11H20F3NO4S/c1-5-8(15-20(17,18)11(12,13)14)7-19-9(16)10(3,4)6-2/h8,15H,5-7H2,1-4H3. The first-order valence-corrected chi connectivity index (χ1v) is 7.61. The number of sulfonamides is 1. The van der Waals surface area contributed by atoms with E-state index in [0.717, 1.165) is 0 Å². The first kappa shape index (κ1) is 19.2. The van der Waals surface area contributed by atoms with Crippen LogP contribution >= 0.6 is 0 Å². The maximum Gasteiger partial charge on any atom is 0.511 e. The second-order valence-corrected chi connectivity index (χ2v) is 6.71. The summed E-state index contributed by atoms with van der Waals surface area (Å²) in [7, 11) is -5.44. The summed E-state index contributed by atoms with van der Waals surface area (Å²) in [6.07, 6.45) is 0.562. The highest BCUT2D eigenvalue weighted by Crippen LogP contribution is 2.23. The topological polar surface area (TPSA) is 72.5 Å². The molecule has 0 fully saturated rings. The summed E-state index contributed by atoms with van der Waals surface area (Å²) >= 11 is 0. The molecule has 0 bridgehead atoms. The summed E-state index contributed by atoms with van der Waals surface area (Å²) in [6, 6.07) is -1.11. The zero-order chi connectivity index (χ0) is 16.2. The number of alkyl halides is 3. The van der Waals surface area contributed by atoms with Crippen molar-refractivity contribution in [3.05, 3.63) is 0 Å². The molecule has 0 aliphatic heterocycles. The lowest BCUT2D eigenvalue weighted by Gasteiger charge is -2.23. The summed E-state index contributed by atoms with van der Waals surface area (Å²) in [5, 5.41) is 0. The van der Waals surface area contributed by atoms with E-state index < -0.39 is 39.6 Å². The monoisotopic (exact) mass is 319 g/mol. The van der Waals surface area contributed by atoms with Crippen LogP contribution in [0.2, 0.25) is 0 Å². The summed E-state index contributed by atoms with van der Waals surface area (Å²) in [5.41, 5.74) is -6.14. The predicted molar refractivity (Wildman–Crippen MR) is 67.2 cm³/mol. The molecule has 0 aromatic heterocycles. The van der Waals surface area contributed by atoms with Crippen LogP contribution in [0, 0.1) is 5.41 Å².